The molecular formula is C15H20O3. The molecule has 0 heterocycles. The lowest BCUT2D eigenvalue weighted by atomic mass is 9.97. The van der Waals surface area contributed by atoms with E-state index in [0.29, 0.717) is 6.42 Å². The SMILES string of the molecule is COC(=O)CCCCc1cc(C)c(C=O)cc1C. The lowest BCUT2D eigenvalue weighted by Crippen LogP contribution is -2.00. The molecule has 0 radical (unpaired) electrons. The Kier molecular flexibility index (Phi) is 5.56. The number of aryl methyl sites for hydroxylation is 3. The largest absolute Gasteiger partial charge is 0.469 e. The maximum absolute atomic E-state index is 11.0. The number of methoxy groups -OCH3 is 1. The molecule has 0 bridgehead atoms. The van der Waals surface area contributed by atoms with E-state index in [2.05, 4.69) is 10.8 Å². The van der Waals surface area contributed by atoms with Gasteiger partial charge in [0.05, 0.1) is 7.11 Å². The molecule has 3 nitrogen and oxygen atoms in total. The smallest absolute Gasteiger partial charge is 0.305 e. The molecule has 0 aliphatic heterocycles. The standard InChI is InChI=1S/C15H20O3/c1-11-9-14(10-16)12(2)8-13(11)6-4-5-7-15(17)18-3/h8-10H,4-7H2,1-3H3. The summed E-state index contributed by atoms with van der Waals surface area (Å²) in [6, 6.07) is 4.00. The molecule has 0 unspecified atom stereocenters. The van der Waals surface area contributed by atoms with Gasteiger partial charge in [0.25, 0.3) is 0 Å². The molecular weight excluding hydrogens is 228 g/mol. The third-order valence-corrected chi connectivity index (χ3v) is 3.16. The normalized spacial score (nSPS) is 10.2. The maximum atomic E-state index is 11.0. The number of hydrogen-bond donors (Lipinski definition) is 0. The van der Waals surface area contributed by atoms with Gasteiger partial charge in [-0.15, -0.1) is 0 Å². The van der Waals surface area contributed by atoms with E-state index in [1.807, 2.05) is 19.9 Å². The van der Waals surface area contributed by atoms with E-state index in [9.17, 15) is 9.59 Å². The van der Waals surface area contributed by atoms with Crippen LogP contribution in [0.25, 0.3) is 0 Å². The Hall–Kier alpha value is -1.64. The van der Waals surface area contributed by atoms with Gasteiger partial charge in [-0.05, 0) is 55.9 Å². The molecule has 0 fully saturated rings. The zero-order valence-corrected chi connectivity index (χ0v) is 11.3. The van der Waals surface area contributed by atoms with Crippen molar-refractivity contribution in [3.8, 4) is 0 Å². The fraction of sp³-hybridized carbons (Fsp3) is 0.467. The Morgan fingerprint density at radius 1 is 1.22 bits per heavy atom. The first kappa shape index (κ1) is 14.4. The highest BCUT2D eigenvalue weighted by Crippen LogP contribution is 2.17. The third kappa shape index (κ3) is 3.99. The molecule has 3 heteroatoms. The fourth-order valence-electron chi connectivity index (χ4n) is 1.98. The Morgan fingerprint density at radius 3 is 2.56 bits per heavy atom. The number of unbranched alkanes of at least 4 members (excludes halogenated alkanes) is 1. The van der Waals surface area contributed by atoms with Gasteiger partial charge in [-0.2, -0.15) is 0 Å². The summed E-state index contributed by atoms with van der Waals surface area (Å²) in [6.07, 6.45) is 4.09. The molecule has 0 aromatic heterocycles. The summed E-state index contributed by atoms with van der Waals surface area (Å²) in [5, 5.41) is 0. The average molecular weight is 248 g/mol. The number of benzene rings is 1. The van der Waals surface area contributed by atoms with Crippen LogP contribution in [0.15, 0.2) is 12.1 Å². The number of rotatable bonds is 6. The molecule has 0 N–H and O–H groups in total. The van der Waals surface area contributed by atoms with Crippen molar-refractivity contribution in [2.24, 2.45) is 0 Å². The summed E-state index contributed by atoms with van der Waals surface area (Å²) in [4.78, 5) is 21.8. The first-order valence-corrected chi connectivity index (χ1v) is 6.20. The minimum Gasteiger partial charge on any atom is -0.469 e. The van der Waals surface area contributed by atoms with Crippen molar-refractivity contribution < 1.29 is 14.3 Å². The second kappa shape index (κ2) is 6.94. The van der Waals surface area contributed by atoms with Gasteiger partial charge in [-0.25, -0.2) is 0 Å². The van der Waals surface area contributed by atoms with E-state index in [4.69, 9.17) is 0 Å². The first-order valence-electron chi connectivity index (χ1n) is 6.20. The number of esters is 1. The van der Waals surface area contributed by atoms with Crippen LogP contribution in [0.5, 0.6) is 0 Å². The highest BCUT2D eigenvalue weighted by molar-refractivity contribution is 5.77. The lowest BCUT2D eigenvalue weighted by molar-refractivity contribution is -0.140. The van der Waals surface area contributed by atoms with Crippen molar-refractivity contribution in [3.63, 3.8) is 0 Å². The molecule has 0 spiro atoms. The highest BCUT2D eigenvalue weighted by Gasteiger charge is 2.05. The maximum Gasteiger partial charge on any atom is 0.305 e. The number of carbonyl (C=O) groups is 2. The number of carbonyl (C=O) groups excluding carboxylic acids is 2. The molecule has 1 rings (SSSR count). The summed E-state index contributed by atoms with van der Waals surface area (Å²) in [5.74, 6) is -0.154. The Balaban J connectivity index is 2.55. The second-order valence-electron chi connectivity index (χ2n) is 4.54. The number of aldehydes is 1. The molecule has 0 aliphatic carbocycles. The molecule has 18 heavy (non-hydrogen) atoms. The Morgan fingerprint density at radius 2 is 1.94 bits per heavy atom. The van der Waals surface area contributed by atoms with Crippen molar-refractivity contribution in [2.45, 2.75) is 39.5 Å². The molecule has 0 aliphatic rings. The second-order valence-corrected chi connectivity index (χ2v) is 4.54. The van der Waals surface area contributed by atoms with Gasteiger partial charge >= 0.3 is 5.97 Å². The van der Waals surface area contributed by atoms with E-state index in [1.165, 1.54) is 12.7 Å². The molecule has 0 saturated carbocycles. The van der Waals surface area contributed by atoms with Crippen LogP contribution in [0.4, 0.5) is 0 Å². The summed E-state index contributed by atoms with van der Waals surface area (Å²) in [5.41, 5.74) is 4.16. The van der Waals surface area contributed by atoms with Crippen LogP contribution in [0.2, 0.25) is 0 Å². The van der Waals surface area contributed by atoms with Gasteiger partial charge in [-0.1, -0.05) is 6.07 Å². The molecule has 1 aromatic carbocycles. The lowest BCUT2D eigenvalue weighted by Gasteiger charge is -2.09. The zero-order valence-electron chi connectivity index (χ0n) is 11.3. The van der Waals surface area contributed by atoms with Crippen molar-refractivity contribution in [3.05, 3.63) is 34.4 Å². The molecule has 0 atom stereocenters. The van der Waals surface area contributed by atoms with Crippen molar-refractivity contribution in [1.29, 1.82) is 0 Å². The van der Waals surface area contributed by atoms with Crippen LogP contribution in [0, 0.1) is 13.8 Å². The molecule has 98 valence electrons. The van der Waals surface area contributed by atoms with Gasteiger partial charge in [0, 0.05) is 12.0 Å². The summed E-state index contributed by atoms with van der Waals surface area (Å²) < 4.78 is 4.60. The number of ether oxygens (including phenoxy) is 1. The summed E-state index contributed by atoms with van der Waals surface area (Å²) in [7, 11) is 1.41. The van der Waals surface area contributed by atoms with Crippen molar-refractivity contribution in [1.82, 2.24) is 0 Å². The van der Waals surface area contributed by atoms with Crippen LogP contribution in [-0.2, 0) is 16.0 Å². The summed E-state index contributed by atoms with van der Waals surface area (Å²) in [6.45, 7) is 3.96. The molecule has 0 saturated heterocycles. The number of hydrogen-bond acceptors (Lipinski definition) is 3. The van der Waals surface area contributed by atoms with Crippen molar-refractivity contribution >= 4 is 12.3 Å². The van der Waals surface area contributed by atoms with Crippen LogP contribution >= 0.6 is 0 Å². The summed E-state index contributed by atoms with van der Waals surface area (Å²) >= 11 is 0. The highest BCUT2D eigenvalue weighted by atomic mass is 16.5. The van der Waals surface area contributed by atoms with Crippen LogP contribution in [-0.4, -0.2) is 19.4 Å². The Labute approximate surface area is 108 Å². The first-order chi connectivity index (χ1) is 8.58. The van der Waals surface area contributed by atoms with Gasteiger partial charge in [0.2, 0.25) is 0 Å². The minimum absolute atomic E-state index is 0.154. The van der Waals surface area contributed by atoms with Crippen molar-refractivity contribution in [2.75, 3.05) is 7.11 Å². The van der Waals surface area contributed by atoms with E-state index in [0.717, 1.165) is 42.2 Å². The predicted octanol–water partition coefficient (Wildman–Crippen LogP) is 3.00. The average Bonchev–Trinajstić information content (AvgIpc) is 2.37. The van der Waals surface area contributed by atoms with E-state index >= 15 is 0 Å². The van der Waals surface area contributed by atoms with E-state index in [-0.39, 0.29) is 5.97 Å². The van der Waals surface area contributed by atoms with Crippen LogP contribution in [0.3, 0.4) is 0 Å². The van der Waals surface area contributed by atoms with Crippen LogP contribution in [0.1, 0.15) is 46.3 Å². The Bertz CT molecular complexity index is 436. The van der Waals surface area contributed by atoms with Crippen LogP contribution < -0.4 is 0 Å². The zero-order chi connectivity index (χ0) is 13.5. The van der Waals surface area contributed by atoms with Gasteiger partial charge in [0.1, 0.15) is 6.29 Å². The van der Waals surface area contributed by atoms with Gasteiger partial charge in [0.15, 0.2) is 0 Å². The third-order valence-electron chi connectivity index (χ3n) is 3.16. The molecule has 1 aromatic rings. The topological polar surface area (TPSA) is 43.4 Å². The van der Waals surface area contributed by atoms with E-state index in [1.54, 1.807) is 0 Å². The van der Waals surface area contributed by atoms with E-state index < -0.39 is 0 Å². The minimum atomic E-state index is -0.154. The molecule has 0 amide bonds. The fourth-order valence-corrected chi connectivity index (χ4v) is 1.98. The quantitative estimate of drug-likeness (QED) is 0.441. The predicted molar refractivity (Wildman–Crippen MR) is 70.9 cm³/mol. The van der Waals surface area contributed by atoms with Gasteiger partial charge < -0.3 is 4.74 Å². The van der Waals surface area contributed by atoms with Gasteiger partial charge in [-0.3, -0.25) is 9.59 Å². The monoisotopic (exact) mass is 248 g/mol.